The molecule has 1 aliphatic rings. The highest BCUT2D eigenvalue weighted by Crippen LogP contribution is 2.43. The molecule has 2 aromatic rings. The van der Waals surface area contributed by atoms with Crippen molar-refractivity contribution in [2.75, 3.05) is 5.73 Å². The van der Waals surface area contributed by atoms with Gasteiger partial charge in [-0.15, -0.1) is 5.10 Å². The number of benzene rings is 1. The largest absolute Gasteiger partial charge is 0.399 e. The summed E-state index contributed by atoms with van der Waals surface area (Å²) in [4.78, 5) is 0. The zero-order valence-corrected chi connectivity index (χ0v) is 9.04. The Morgan fingerprint density at radius 2 is 2.00 bits per heavy atom. The highest BCUT2D eigenvalue weighted by molar-refractivity contribution is 5.58. The van der Waals surface area contributed by atoms with Gasteiger partial charge in [0.2, 0.25) is 0 Å². The highest BCUT2D eigenvalue weighted by atomic mass is 15.6. The maximum Gasteiger partial charge on any atom is 0.182 e. The van der Waals surface area contributed by atoms with E-state index < -0.39 is 0 Å². The number of hydrogen-bond donors (Lipinski definition) is 1. The Bertz CT molecular complexity index is 501. The third-order valence-electron chi connectivity index (χ3n) is 3.04. The number of nitrogen functional groups attached to an aromatic ring is 1. The molecular formula is C11H13N5. The van der Waals surface area contributed by atoms with Crippen LogP contribution in [0.25, 0.3) is 11.4 Å². The van der Waals surface area contributed by atoms with Gasteiger partial charge >= 0.3 is 0 Å². The van der Waals surface area contributed by atoms with E-state index in [1.165, 1.54) is 0 Å². The molecule has 0 bridgehead atoms. The van der Waals surface area contributed by atoms with E-state index in [2.05, 4.69) is 22.4 Å². The predicted molar refractivity (Wildman–Crippen MR) is 60.5 cm³/mol. The molecule has 0 amide bonds. The van der Waals surface area contributed by atoms with Crippen LogP contribution in [0, 0.1) is 5.92 Å². The molecule has 5 nitrogen and oxygen atoms in total. The quantitative estimate of drug-likeness (QED) is 0.771. The van der Waals surface area contributed by atoms with Crippen LogP contribution in [0.1, 0.15) is 19.4 Å². The molecule has 0 saturated heterocycles. The molecular weight excluding hydrogens is 202 g/mol. The van der Waals surface area contributed by atoms with Crippen LogP contribution in [-0.2, 0) is 0 Å². The standard InChI is InChI=1S/C11H13N5/c1-7-6-10(7)16-11(13-14-15-16)8-2-4-9(12)5-3-8/h2-5,7,10H,6,12H2,1H3. The summed E-state index contributed by atoms with van der Waals surface area (Å²) in [5.74, 6) is 1.50. The molecule has 2 atom stereocenters. The van der Waals surface area contributed by atoms with Gasteiger partial charge in [-0.05, 0) is 47.0 Å². The van der Waals surface area contributed by atoms with Crippen LogP contribution in [0.4, 0.5) is 5.69 Å². The Hall–Kier alpha value is -1.91. The number of nitrogens with zero attached hydrogens (tertiary/aromatic N) is 4. The lowest BCUT2D eigenvalue weighted by atomic mass is 10.2. The minimum Gasteiger partial charge on any atom is -0.399 e. The first-order valence-electron chi connectivity index (χ1n) is 5.39. The first kappa shape index (κ1) is 9.33. The van der Waals surface area contributed by atoms with Crippen LogP contribution >= 0.6 is 0 Å². The topological polar surface area (TPSA) is 69.6 Å². The first-order chi connectivity index (χ1) is 7.75. The van der Waals surface area contributed by atoms with Gasteiger partial charge in [0.15, 0.2) is 5.82 Å². The second kappa shape index (κ2) is 3.30. The summed E-state index contributed by atoms with van der Waals surface area (Å²) in [6.45, 7) is 2.21. The maximum atomic E-state index is 5.65. The molecule has 5 heteroatoms. The van der Waals surface area contributed by atoms with Crippen molar-refractivity contribution in [3.8, 4) is 11.4 Å². The van der Waals surface area contributed by atoms with Crippen molar-refractivity contribution in [3.63, 3.8) is 0 Å². The smallest absolute Gasteiger partial charge is 0.182 e. The summed E-state index contributed by atoms with van der Waals surface area (Å²) in [6.07, 6.45) is 1.16. The lowest BCUT2D eigenvalue weighted by molar-refractivity contribution is 0.584. The van der Waals surface area contributed by atoms with E-state index in [1.807, 2.05) is 28.9 Å². The van der Waals surface area contributed by atoms with Crippen molar-refractivity contribution in [2.45, 2.75) is 19.4 Å². The summed E-state index contributed by atoms with van der Waals surface area (Å²) >= 11 is 0. The van der Waals surface area contributed by atoms with Gasteiger partial charge in [0, 0.05) is 11.3 Å². The van der Waals surface area contributed by atoms with Crippen LogP contribution in [0.15, 0.2) is 24.3 Å². The summed E-state index contributed by atoms with van der Waals surface area (Å²) in [5, 5.41) is 11.9. The van der Waals surface area contributed by atoms with E-state index in [0.29, 0.717) is 12.0 Å². The van der Waals surface area contributed by atoms with Crippen molar-refractivity contribution in [1.29, 1.82) is 0 Å². The third-order valence-corrected chi connectivity index (χ3v) is 3.04. The number of anilines is 1. The Morgan fingerprint density at radius 1 is 1.31 bits per heavy atom. The zero-order valence-electron chi connectivity index (χ0n) is 9.04. The van der Waals surface area contributed by atoms with Crippen molar-refractivity contribution in [3.05, 3.63) is 24.3 Å². The molecule has 1 aromatic heterocycles. The van der Waals surface area contributed by atoms with E-state index in [1.54, 1.807) is 0 Å². The molecule has 16 heavy (non-hydrogen) atoms. The summed E-state index contributed by atoms with van der Waals surface area (Å²) < 4.78 is 1.91. The molecule has 0 spiro atoms. The second-order valence-electron chi connectivity index (χ2n) is 4.35. The number of nitrogens with two attached hydrogens (primary N) is 1. The minimum atomic E-state index is 0.461. The van der Waals surface area contributed by atoms with E-state index in [0.717, 1.165) is 23.5 Å². The third kappa shape index (κ3) is 1.44. The van der Waals surface area contributed by atoms with Gasteiger partial charge in [0.05, 0.1) is 6.04 Å². The van der Waals surface area contributed by atoms with Crippen molar-refractivity contribution in [2.24, 2.45) is 5.92 Å². The summed E-state index contributed by atoms with van der Waals surface area (Å²) in [6, 6.07) is 8.09. The first-order valence-corrected chi connectivity index (χ1v) is 5.39. The van der Waals surface area contributed by atoms with E-state index in [4.69, 9.17) is 5.73 Å². The van der Waals surface area contributed by atoms with E-state index >= 15 is 0 Å². The lowest BCUT2D eigenvalue weighted by Crippen LogP contribution is -2.01. The molecule has 1 aliphatic carbocycles. The highest BCUT2D eigenvalue weighted by Gasteiger charge is 2.37. The Morgan fingerprint density at radius 3 is 2.62 bits per heavy atom. The molecule has 2 N–H and O–H groups in total. The van der Waals surface area contributed by atoms with Gasteiger partial charge in [0.25, 0.3) is 0 Å². The van der Waals surface area contributed by atoms with E-state index in [9.17, 15) is 0 Å². The fourth-order valence-electron chi connectivity index (χ4n) is 1.88. The van der Waals surface area contributed by atoms with Crippen LogP contribution in [0.5, 0.6) is 0 Å². The number of aromatic nitrogens is 4. The second-order valence-corrected chi connectivity index (χ2v) is 4.35. The number of hydrogen-bond acceptors (Lipinski definition) is 4. The van der Waals surface area contributed by atoms with Gasteiger partial charge in [-0.3, -0.25) is 0 Å². The van der Waals surface area contributed by atoms with Gasteiger partial charge in [-0.1, -0.05) is 6.92 Å². The van der Waals surface area contributed by atoms with Crippen LogP contribution < -0.4 is 5.73 Å². The molecule has 2 unspecified atom stereocenters. The molecule has 3 rings (SSSR count). The predicted octanol–water partition coefficient (Wildman–Crippen LogP) is 1.50. The van der Waals surface area contributed by atoms with Crippen LogP contribution in [0.3, 0.4) is 0 Å². The van der Waals surface area contributed by atoms with Gasteiger partial charge in [-0.2, -0.15) is 0 Å². The average molecular weight is 215 g/mol. The fourth-order valence-corrected chi connectivity index (χ4v) is 1.88. The lowest BCUT2D eigenvalue weighted by Gasteiger charge is -2.03. The number of rotatable bonds is 2. The van der Waals surface area contributed by atoms with E-state index in [-0.39, 0.29) is 0 Å². The van der Waals surface area contributed by atoms with Crippen molar-refractivity contribution in [1.82, 2.24) is 20.2 Å². The van der Waals surface area contributed by atoms with Crippen LogP contribution in [0.2, 0.25) is 0 Å². The molecule has 1 heterocycles. The Labute approximate surface area is 93.3 Å². The van der Waals surface area contributed by atoms with Crippen molar-refractivity contribution < 1.29 is 0 Å². The maximum absolute atomic E-state index is 5.65. The monoisotopic (exact) mass is 215 g/mol. The summed E-state index contributed by atoms with van der Waals surface area (Å²) in [5.41, 5.74) is 7.42. The van der Waals surface area contributed by atoms with Gasteiger partial charge in [0.1, 0.15) is 0 Å². The number of tetrazole rings is 1. The molecule has 0 radical (unpaired) electrons. The minimum absolute atomic E-state index is 0.461. The average Bonchev–Trinajstić information content (AvgIpc) is 2.82. The molecule has 1 fully saturated rings. The Kier molecular flexibility index (Phi) is 1.92. The van der Waals surface area contributed by atoms with Gasteiger partial charge < -0.3 is 5.73 Å². The zero-order chi connectivity index (χ0) is 11.1. The summed E-state index contributed by atoms with van der Waals surface area (Å²) in [7, 11) is 0. The fraction of sp³-hybridized carbons (Fsp3) is 0.364. The van der Waals surface area contributed by atoms with Crippen molar-refractivity contribution >= 4 is 5.69 Å². The normalized spacial score (nSPS) is 23.3. The molecule has 82 valence electrons. The SMILES string of the molecule is CC1CC1n1nnnc1-c1ccc(N)cc1. The Balaban J connectivity index is 2.00. The van der Waals surface area contributed by atoms with Gasteiger partial charge in [-0.25, -0.2) is 4.68 Å². The molecule has 1 saturated carbocycles. The van der Waals surface area contributed by atoms with Crippen LogP contribution in [-0.4, -0.2) is 20.2 Å². The molecule has 0 aliphatic heterocycles. The molecule has 1 aromatic carbocycles.